The summed E-state index contributed by atoms with van der Waals surface area (Å²) < 4.78 is 1.83. The van der Waals surface area contributed by atoms with Crippen LogP contribution in [-0.4, -0.2) is 32.6 Å². The number of rotatable bonds is 9. The molecule has 160 valence electrons. The standard InChI is InChI=1S/C24H27N5O2/c1-3-17(2)22(24(25)31)27-21(30)12-11-20-16-29(15-18-8-5-4-6-9-18)28-23(20)19-10-7-13-26-14-19/h4-14,16-17,22H,3,15H2,1-2H3,(H2,25,31)(H,27,30)/b12-11+. The Balaban J connectivity index is 1.84. The van der Waals surface area contributed by atoms with Crippen molar-refractivity contribution in [2.75, 3.05) is 0 Å². The Kier molecular flexibility index (Phi) is 7.32. The molecule has 0 saturated heterocycles. The predicted octanol–water partition coefficient (Wildman–Crippen LogP) is 3.02. The molecular weight excluding hydrogens is 390 g/mol. The van der Waals surface area contributed by atoms with Gasteiger partial charge in [0, 0.05) is 35.8 Å². The molecule has 3 rings (SSSR count). The van der Waals surface area contributed by atoms with E-state index in [0.717, 1.165) is 28.8 Å². The number of nitrogens with zero attached hydrogens (tertiary/aromatic N) is 3. The molecule has 31 heavy (non-hydrogen) atoms. The molecule has 0 saturated carbocycles. The van der Waals surface area contributed by atoms with E-state index >= 15 is 0 Å². The van der Waals surface area contributed by atoms with Crippen LogP contribution in [0.15, 0.2) is 67.1 Å². The number of hydrogen-bond donors (Lipinski definition) is 2. The number of primary amides is 1. The van der Waals surface area contributed by atoms with Crippen LogP contribution in [-0.2, 0) is 16.1 Å². The van der Waals surface area contributed by atoms with E-state index in [4.69, 9.17) is 10.8 Å². The number of nitrogens with two attached hydrogens (primary N) is 1. The average molecular weight is 418 g/mol. The van der Waals surface area contributed by atoms with Gasteiger partial charge in [-0.2, -0.15) is 5.10 Å². The van der Waals surface area contributed by atoms with Crippen molar-refractivity contribution in [1.29, 1.82) is 0 Å². The second-order valence-electron chi connectivity index (χ2n) is 7.47. The van der Waals surface area contributed by atoms with E-state index in [9.17, 15) is 9.59 Å². The van der Waals surface area contributed by atoms with Crippen LogP contribution < -0.4 is 11.1 Å². The highest BCUT2D eigenvalue weighted by Crippen LogP contribution is 2.23. The van der Waals surface area contributed by atoms with Crippen LogP contribution in [0, 0.1) is 5.92 Å². The van der Waals surface area contributed by atoms with E-state index in [1.54, 1.807) is 18.5 Å². The molecule has 0 spiro atoms. The van der Waals surface area contributed by atoms with Crippen molar-refractivity contribution >= 4 is 17.9 Å². The van der Waals surface area contributed by atoms with E-state index in [1.807, 2.05) is 67.2 Å². The number of carbonyl (C=O) groups is 2. The maximum atomic E-state index is 12.5. The number of hydrogen-bond acceptors (Lipinski definition) is 4. The lowest BCUT2D eigenvalue weighted by molar-refractivity contribution is -0.126. The highest BCUT2D eigenvalue weighted by Gasteiger charge is 2.22. The molecule has 7 heteroatoms. The minimum atomic E-state index is -0.708. The topological polar surface area (TPSA) is 103 Å². The van der Waals surface area contributed by atoms with Gasteiger partial charge in [0.15, 0.2) is 0 Å². The molecule has 0 radical (unpaired) electrons. The zero-order chi connectivity index (χ0) is 22.2. The van der Waals surface area contributed by atoms with Gasteiger partial charge in [-0.25, -0.2) is 0 Å². The maximum absolute atomic E-state index is 12.5. The van der Waals surface area contributed by atoms with Crippen molar-refractivity contribution < 1.29 is 9.59 Å². The first kappa shape index (κ1) is 22.0. The Morgan fingerprint density at radius 1 is 1.19 bits per heavy atom. The van der Waals surface area contributed by atoms with Crippen molar-refractivity contribution in [3.8, 4) is 11.3 Å². The summed E-state index contributed by atoms with van der Waals surface area (Å²) in [7, 11) is 0. The van der Waals surface area contributed by atoms with Crippen molar-refractivity contribution in [2.45, 2.75) is 32.9 Å². The summed E-state index contributed by atoms with van der Waals surface area (Å²) in [4.78, 5) is 28.3. The Bertz CT molecular complexity index is 1040. The van der Waals surface area contributed by atoms with Gasteiger partial charge < -0.3 is 11.1 Å². The summed E-state index contributed by atoms with van der Waals surface area (Å²) in [5, 5.41) is 7.41. The number of benzene rings is 1. The van der Waals surface area contributed by atoms with Gasteiger partial charge in [-0.15, -0.1) is 0 Å². The first-order valence-corrected chi connectivity index (χ1v) is 10.3. The first-order valence-electron chi connectivity index (χ1n) is 10.3. The normalized spacial score (nSPS) is 13.1. The molecule has 0 bridgehead atoms. The zero-order valence-electron chi connectivity index (χ0n) is 17.7. The van der Waals surface area contributed by atoms with Gasteiger partial charge in [0.2, 0.25) is 11.8 Å². The number of carbonyl (C=O) groups excluding carboxylic acids is 2. The van der Waals surface area contributed by atoms with Crippen LogP contribution in [0.5, 0.6) is 0 Å². The minimum Gasteiger partial charge on any atom is -0.368 e. The second-order valence-corrected chi connectivity index (χ2v) is 7.47. The molecule has 0 fully saturated rings. The molecule has 1 aromatic carbocycles. The molecule has 2 aromatic heterocycles. The molecule has 0 aliphatic rings. The monoisotopic (exact) mass is 417 g/mol. The molecule has 2 heterocycles. The van der Waals surface area contributed by atoms with Gasteiger partial charge in [0.1, 0.15) is 11.7 Å². The Morgan fingerprint density at radius 2 is 1.97 bits per heavy atom. The highest BCUT2D eigenvalue weighted by molar-refractivity contribution is 5.96. The molecule has 2 unspecified atom stereocenters. The van der Waals surface area contributed by atoms with Crippen LogP contribution >= 0.6 is 0 Å². The van der Waals surface area contributed by atoms with Crippen LogP contribution in [0.1, 0.15) is 31.4 Å². The third-order valence-electron chi connectivity index (χ3n) is 5.14. The SMILES string of the molecule is CCC(C)C(NC(=O)/C=C/c1cn(Cc2ccccc2)nc1-c1cccnc1)C(N)=O. The predicted molar refractivity (Wildman–Crippen MR) is 121 cm³/mol. The summed E-state index contributed by atoms with van der Waals surface area (Å²) in [6.07, 6.45) is 9.15. The zero-order valence-corrected chi connectivity index (χ0v) is 17.7. The molecule has 2 amide bonds. The van der Waals surface area contributed by atoms with Crippen molar-refractivity contribution in [3.63, 3.8) is 0 Å². The fourth-order valence-corrected chi connectivity index (χ4v) is 3.23. The lowest BCUT2D eigenvalue weighted by atomic mass is 9.98. The highest BCUT2D eigenvalue weighted by atomic mass is 16.2. The van der Waals surface area contributed by atoms with E-state index in [2.05, 4.69) is 10.3 Å². The number of amides is 2. The summed E-state index contributed by atoms with van der Waals surface area (Å²) in [6.45, 7) is 4.43. The molecule has 3 aromatic rings. The van der Waals surface area contributed by atoms with Gasteiger partial charge in [-0.3, -0.25) is 19.3 Å². The van der Waals surface area contributed by atoms with Crippen molar-refractivity contribution in [3.05, 3.63) is 78.3 Å². The van der Waals surface area contributed by atoms with Crippen molar-refractivity contribution in [2.24, 2.45) is 11.7 Å². The quantitative estimate of drug-likeness (QED) is 0.522. The van der Waals surface area contributed by atoms with Gasteiger partial charge in [-0.1, -0.05) is 50.6 Å². The summed E-state index contributed by atoms with van der Waals surface area (Å²) in [5.41, 5.74) is 8.92. The largest absolute Gasteiger partial charge is 0.368 e. The molecule has 2 atom stereocenters. The fraction of sp³-hybridized carbons (Fsp3) is 0.250. The van der Waals surface area contributed by atoms with E-state index < -0.39 is 11.9 Å². The summed E-state index contributed by atoms with van der Waals surface area (Å²) in [6, 6.07) is 13.1. The van der Waals surface area contributed by atoms with E-state index in [0.29, 0.717) is 6.54 Å². The molecule has 0 aliphatic carbocycles. The van der Waals surface area contributed by atoms with E-state index in [1.165, 1.54) is 6.08 Å². The fourth-order valence-electron chi connectivity index (χ4n) is 3.23. The van der Waals surface area contributed by atoms with Crippen molar-refractivity contribution in [1.82, 2.24) is 20.1 Å². The van der Waals surface area contributed by atoms with Gasteiger partial charge in [0.25, 0.3) is 0 Å². The lowest BCUT2D eigenvalue weighted by Crippen LogP contribution is -2.47. The number of pyridine rings is 1. The van der Waals surface area contributed by atoms with E-state index in [-0.39, 0.29) is 11.8 Å². The minimum absolute atomic E-state index is 0.0468. The summed E-state index contributed by atoms with van der Waals surface area (Å²) in [5.74, 6) is -0.964. The Morgan fingerprint density at radius 3 is 2.61 bits per heavy atom. The number of aromatic nitrogens is 3. The second kappa shape index (κ2) is 10.3. The van der Waals surface area contributed by atoms with Crippen LogP contribution in [0.4, 0.5) is 0 Å². The van der Waals surface area contributed by atoms with Crippen LogP contribution in [0.25, 0.3) is 17.3 Å². The smallest absolute Gasteiger partial charge is 0.244 e. The van der Waals surface area contributed by atoms with Gasteiger partial charge in [-0.05, 0) is 29.7 Å². The van der Waals surface area contributed by atoms with Gasteiger partial charge in [0.05, 0.1) is 6.54 Å². The third-order valence-corrected chi connectivity index (χ3v) is 5.14. The van der Waals surface area contributed by atoms with Crippen LogP contribution in [0.3, 0.4) is 0 Å². The lowest BCUT2D eigenvalue weighted by Gasteiger charge is -2.20. The molecule has 0 aliphatic heterocycles. The number of nitrogens with one attached hydrogen (secondary N) is 1. The maximum Gasteiger partial charge on any atom is 0.244 e. The molecule has 3 N–H and O–H groups in total. The average Bonchev–Trinajstić information content (AvgIpc) is 3.19. The van der Waals surface area contributed by atoms with Crippen LogP contribution in [0.2, 0.25) is 0 Å². The molecular formula is C24H27N5O2. The molecule has 7 nitrogen and oxygen atoms in total. The van der Waals surface area contributed by atoms with Gasteiger partial charge >= 0.3 is 0 Å². The Labute approximate surface area is 182 Å². The first-order chi connectivity index (χ1) is 15.0. The Hall–Kier alpha value is -3.74. The third kappa shape index (κ3) is 5.88. The summed E-state index contributed by atoms with van der Waals surface area (Å²) >= 11 is 0.